The number of carbonyl (C=O) groups is 1. The van der Waals surface area contributed by atoms with Gasteiger partial charge >= 0.3 is 0 Å². The normalized spacial score (nSPS) is 19.0. The van der Waals surface area contributed by atoms with Crippen LogP contribution in [0.4, 0.5) is 0 Å². The number of likely N-dealkylation sites (tertiary alicyclic amines) is 1. The van der Waals surface area contributed by atoms with Gasteiger partial charge in [0.2, 0.25) is 17.6 Å². The molecule has 0 radical (unpaired) electrons. The highest BCUT2D eigenvalue weighted by molar-refractivity contribution is 5.80. The maximum Gasteiger partial charge on any atom is 0.230 e. The molecule has 0 unspecified atom stereocenters. The quantitative estimate of drug-likeness (QED) is 0.783. The number of H-pyrrole nitrogens is 1. The molecule has 2 aromatic heterocycles. The SMILES string of the molecule is O=C(C1CCC1)N1CCC(c2nc(-c3ccc4nc[nH]c4c3)no2)CC1. The van der Waals surface area contributed by atoms with Crippen LogP contribution < -0.4 is 0 Å². The monoisotopic (exact) mass is 351 g/mol. The maximum atomic E-state index is 12.4. The van der Waals surface area contributed by atoms with E-state index in [0.717, 1.165) is 55.4 Å². The molecule has 3 heterocycles. The Kier molecular flexibility index (Phi) is 3.72. The van der Waals surface area contributed by atoms with E-state index in [1.807, 2.05) is 23.1 Å². The molecule has 1 amide bonds. The summed E-state index contributed by atoms with van der Waals surface area (Å²) in [6.45, 7) is 1.58. The van der Waals surface area contributed by atoms with Crippen LogP contribution in [0.25, 0.3) is 22.4 Å². The third kappa shape index (κ3) is 2.67. The number of benzene rings is 1. The second-order valence-corrected chi connectivity index (χ2v) is 7.32. The zero-order valence-corrected chi connectivity index (χ0v) is 14.5. The minimum Gasteiger partial charge on any atom is -0.345 e. The van der Waals surface area contributed by atoms with Gasteiger partial charge in [0.05, 0.1) is 17.4 Å². The number of aromatic nitrogens is 4. The summed E-state index contributed by atoms with van der Waals surface area (Å²) >= 11 is 0. The highest BCUT2D eigenvalue weighted by atomic mass is 16.5. The molecule has 1 aliphatic carbocycles. The van der Waals surface area contributed by atoms with Crippen molar-refractivity contribution in [3.8, 4) is 11.4 Å². The summed E-state index contributed by atoms with van der Waals surface area (Å²) < 4.78 is 5.54. The van der Waals surface area contributed by atoms with Crippen LogP contribution in [0.3, 0.4) is 0 Å². The van der Waals surface area contributed by atoms with Crippen LogP contribution >= 0.6 is 0 Å². The van der Waals surface area contributed by atoms with Crippen molar-refractivity contribution in [1.29, 1.82) is 0 Å². The predicted octanol–water partition coefficient (Wildman–Crippen LogP) is 3.12. The molecule has 1 aliphatic heterocycles. The van der Waals surface area contributed by atoms with Crippen LogP contribution in [0.15, 0.2) is 29.0 Å². The molecule has 0 bridgehead atoms. The van der Waals surface area contributed by atoms with Gasteiger partial charge in [-0.25, -0.2) is 4.98 Å². The fraction of sp³-hybridized carbons (Fsp3) is 0.474. The highest BCUT2D eigenvalue weighted by Gasteiger charge is 2.33. The number of rotatable bonds is 3. The van der Waals surface area contributed by atoms with Crippen LogP contribution in [-0.2, 0) is 4.79 Å². The number of amides is 1. The van der Waals surface area contributed by atoms with Crippen LogP contribution in [0, 0.1) is 5.92 Å². The lowest BCUT2D eigenvalue weighted by molar-refractivity contribution is -0.139. The largest absolute Gasteiger partial charge is 0.345 e. The van der Waals surface area contributed by atoms with Crippen LogP contribution in [-0.4, -0.2) is 44.0 Å². The molecule has 0 spiro atoms. The van der Waals surface area contributed by atoms with Crippen molar-refractivity contribution in [2.75, 3.05) is 13.1 Å². The summed E-state index contributed by atoms with van der Waals surface area (Å²) in [5.74, 6) is 2.13. The second kappa shape index (κ2) is 6.23. The van der Waals surface area contributed by atoms with E-state index in [1.54, 1.807) is 6.33 Å². The van der Waals surface area contributed by atoms with Crippen molar-refractivity contribution < 1.29 is 9.32 Å². The number of imidazole rings is 1. The van der Waals surface area contributed by atoms with Gasteiger partial charge in [-0.15, -0.1) is 0 Å². The molecule has 1 saturated carbocycles. The molecule has 1 saturated heterocycles. The minimum absolute atomic E-state index is 0.234. The Morgan fingerprint density at radius 2 is 2.04 bits per heavy atom. The van der Waals surface area contributed by atoms with E-state index in [1.165, 1.54) is 6.42 Å². The molecule has 7 heteroatoms. The Bertz CT molecular complexity index is 934. The molecule has 3 aromatic rings. The molecular weight excluding hydrogens is 330 g/mol. The van der Waals surface area contributed by atoms with Gasteiger partial charge in [-0.2, -0.15) is 4.98 Å². The lowest BCUT2D eigenvalue weighted by atomic mass is 9.83. The van der Waals surface area contributed by atoms with Gasteiger partial charge < -0.3 is 14.4 Å². The van der Waals surface area contributed by atoms with Crippen molar-refractivity contribution in [2.45, 2.75) is 38.0 Å². The standard InChI is InChI=1S/C19H21N5O2/c25-19(13-2-1-3-13)24-8-6-12(7-9-24)18-22-17(23-26-18)14-4-5-15-16(10-14)21-11-20-15/h4-5,10-13H,1-3,6-9H2,(H,20,21). The molecule has 2 aliphatic rings. The number of carbonyl (C=O) groups excluding carboxylic acids is 1. The average molecular weight is 351 g/mol. The van der Waals surface area contributed by atoms with Crippen LogP contribution in [0.2, 0.25) is 0 Å². The third-order valence-corrected chi connectivity index (χ3v) is 5.73. The summed E-state index contributed by atoms with van der Waals surface area (Å²) in [7, 11) is 0. The highest BCUT2D eigenvalue weighted by Crippen LogP contribution is 2.33. The van der Waals surface area contributed by atoms with Gasteiger partial charge in [0.15, 0.2) is 0 Å². The fourth-order valence-electron chi connectivity index (χ4n) is 3.85. The van der Waals surface area contributed by atoms with Gasteiger partial charge in [0, 0.05) is 30.5 Å². The van der Waals surface area contributed by atoms with E-state index in [-0.39, 0.29) is 11.8 Å². The van der Waals surface area contributed by atoms with E-state index < -0.39 is 0 Å². The van der Waals surface area contributed by atoms with Crippen molar-refractivity contribution >= 4 is 16.9 Å². The number of fused-ring (bicyclic) bond motifs is 1. The van der Waals surface area contributed by atoms with E-state index in [9.17, 15) is 4.79 Å². The first-order valence-corrected chi connectivity index (χ1v) is 9.34. The van der Waals surface area contributed by atoms with Gasteiger partial charge in [-0.05, 0) is 43.9 Å². The minimum atomic E-state index is 0.234. The van der Waals surface area contributed by atoms with E-state index >= 15 is 0 Å². The van der Waals surface area contributed by atoms with Gasteiger partial charge in [-0.1, -0.05) is 11.6 Å². The van der Waals surface area contributed by atoms with E-state index in [4.69, 9.17) is 4.52 Å². The van der Waals surface area contributed by atoms with Crippen LogP contribution in [0.1, 0.15) is 43.9 Å². The lowest BCUT2D eigenvalue weighted by Gasteiger charge is -2.35. The summed E-state index contributed by atoms with van der Waals surface area (Å²) in [4.78, 5) is 26.3. The number of hydrogen-bond acceptors (Lipinski definition) is 5. The average Bonchev–Trinajstić information content (AvgIpc) is 3.29. The molecule has 1 aromatic carbocycles. The van der Waals surface area contributed by atoms with Gasteiger partial charge in [0.1, 0.15) is 0 Å². The molecule has 26 heavy (non-hydrogen) atoms. The first-order chi connectivity index (χ1) is 12.8. The topological polar surface area (TPSA) is 87.9 Å². The third-order valence-electron chi connectivity index (χ3n) is 5.73. The first-order valence-electron chi connectivity index (χ1n) is 9.34. The maximum absolute atomic E-state index is 12.4. The van der Waals surface area contributed by atoms with E-state index in [2.05, 4.69) is 20.1 Å². The van der Waals surface area contributed by atoms with Crippen molar-refractivity contribution in [3.63, 3.8) is 0 Å². The smallest absolute Gasteiger partial charge is 0.230 e. The molecule has 7 nitrogen and oxygen atoms in total. The van der Waals surface area contributed by atoms with Crippen molar-refractivity contribution in [3.05, 3.63) is 30.4 Å². The molecular formula is C19H21N5O2. The summed E-state index contributed by atoms with van der Waals surface area (Å²) in [6.07, 6.45) is 6.77. The lowest BCUT2D eigenvalue weighted by Crippen LogP contribution is -2.43. The van der Waals surface area contributed by atoms with Gasteiger partial charge in [-0.3, -0.25) is 4.79 Å². The Labute approximate surface area is 150 Å². The number of aromatic amines is 1. The zero-order chi connectivity index (χ0) is 17.5. The van der Waals surface area contributed by atoms with Gasteiger partial charge in [0.25, 0.3) is 0 Å². The Morgan fingerprint density at radius 3 is 2.81 bits per heavy atom. The number of nitrogens with one attached hydrogen (secondary N) is 1. The number of hydrogen-bond donors (Lipinski definition) is 1. The predicted molar refractivity (Wildman–Crippen MR) is 95.3 cm³/mol. The number of piperidine rings is 1. The fourth-order valence-corrected chi connectivity index (χ4v) is 3.85. The molecule has 2 fully saturated rings. The molecule has 134 valence electrons. The summed E-state index contributed by atoms with van der Waals surface area (Å²) in [5, 5.41) is 4.16. The molecule has 0 atom stereocenters. The zero-order valence-electron chi connectivity index (χ0n) is 14.5. The van der Waals surface area contributed by atoms with Crippen molar-refractivity contribution in [2.24, 2.45) is 5.92 Å². The summed E-state index contributed by atoms with van der Waals surface area (Å²) in [6, 6.07) is 5.89. The second-order valence-electron chi connectivity index (χ2n) is 7.32. The Morgan fingerprint density at radius 1 is 1.19 bits per heavy atom. The molecule has 5 rings (SSSR count). The molecule has 1 N–H and O–H groups in total. The summed E-state index contributed by atoms with van der Waals surface area (Å²) in [5.41, 5.74) is 2.78. The Hall–Kier alpha value is -2.70. The number of nitrogens with zero attached hydrogens (tertiary/aromatic N) is 4. The van der Waals surface area contributed by atoms with Crippen LogP contribution in [0.5, 0.6) is 0 Å². The Balaban J connectivity index is 1.27. The first kappa shape index (κ1) is 15.5. The van der Waals surface area contributed by atoms with Crippen molar-refractivity contribution in [1.82, 2.24) is 25.0 Å². The van der Waals surface area contributed by atoms with E-state index in [0.29, 0.717) is 17.6 Å².